The lowest BCUT2D eigenvalue weighted by Gasteiger charge is -2.38. The van der Waals surface area contributed by atoms with Gasteiger partial charge < -0.3 is 19.1 Å². The lowest BCUT2D eigenvalue weighted by atomic mass is 10.0. The zero-order chi connectivity index (χ0) is 20.6. The Labute approximate surface area is 175 Å². The van der Waals surface area contributed by atoms with Crippen LogP contribution in [0.1, 0.15) is 24.0 Å². The van der Waals surface area contributed by atoms with Crippen molar-refractivity contribution >= 4 is 0 Å². The molecule has 0 unspecified atom stereocenters. The van der Waals surface area contributed by atoms with Gasteiger partial charge in [0.2, 0.25) is 0 Å². The summed E-state index contributed by atoms with van der Waals surface area (Å²) < 4.78 is 16.3. The van der Waals surface area contributed by atoms with E-state index in [0.717, 1.165) is 49.8 Å². The van der Waals surface area contributed by atoms with E-state index in [0.29, 0.717) is 6.04 Å². The fraction of sp³-hybridized carbons (Fsp3) is 0.500. The predicted molar refractivity (Wildman–Crippen MR) is 117 cm³/mol. The number of benzene rings is 2. The average Bonchev–Trinajstić information content (AvgIpc) is 2.77. The average molecular weight is 399 g/mol. The fourth-order valence-corrected chi connectivity index (χ4v) is 4.13. The number of para-hydroxylation sites is 1. The van der Waals surface area contributed by atoms with Crippen LogP contribution in [0.2, 0.25) is 0 Å². The van der Waals surface area contributed by atoms with Gasteiger partial charge in [-0.1, -0.05) is 24.3 Å². The molecular weight excluding hydrogens is 364 g/mol. The molecule has 3 rings (SSSR count). The molecule has 1 fully saturated rings. The number of likely N-dealkylation sites (tertiary alicyclic amines) is 1. The second-order valence-electron chi connectivity index (χ2n) is 7.76. The standard InChI is InChI=1S/C24H34N2O3/c1-25(15-13-19-11-12-23(28-3)24(16-19)29-4)21-9-7-14-26(18-21)17-20-8-5-6-10-22(20)27-2/h5-6,8,10-12,16,21H,7,9,13-15,17-18H2,1-4H3/t21-/m1/s1. The van der Waals surface area contributed by atoms with Gasteiger partial charge in [-0.05, 0) is 56.6 Å². The van der Waals surface area contributed by atoms with E-state index in [1.807, 2.05) is 18.2 Å². The van der Waals surface area contributed by atoms with Crippen LogP contribution >= 0.6 is 0 Å². The molecule has 1 aliphatic rings. The van der Waals surface area contributed by atoms with E-state index in [1.165, 1.54) is 24.0 Å². The maximum atomic E-state index is 5.53. The van der Waals surface area contributed by atoms with Crippen LogP contribution in [0.15, 0.2) is 42.5 Å². The van der Waals surface area contributed by atoms with E-state index in [-0.39, 0.29) is 0 Å². The second-order valence-corrected chi connectivity index (χ2v) is 7.76. The van der Waals surface area contributed by atoms with Gasteiger partial charge in [0, 0.05) is 31.2 Å². The first-order valence-corrected chi connectivity index (χ1v) is 10.4. The van der Waals surface area contributed by atoms with E-state index in [4.69, 9.17) is 14.2 Å². The summed E-state index contributed by atoms with van der Waals surface area (Å²) in [5.74, 6) is 2.56. The monoisotopic (exact) mass is 398 g/mol. The van der Waals surface area contributed by atoms with Crippen LogP contribution in [0.3, 0.4) is 0 Å². The van der Waals surface area contributed by atoms with Gasteiger partial charge in [0.05, 0.1) is 21.3 Å². The Balaban J connectivity index is 1.55. The van der Waals surface area contributed by atoms with Crippen molar-refractivity contribution in [1.82, 2.24) is 9.80 Å². The SMILES string of the molecule is COc1ccccc1CN1CCC[C@@H](N(C)CCc2ccc(OC)c(OC)c2)C1. The Morgan fingerprint density at radius 2 is 1.72 bits per heavy atom. The van der Waals surface area contributed by atoms with Gasteiger partial charge in [-0.2, -0.15) is 0 Å². The van der Waals surface area contributed by atoms with Crippen molar-refractivity contribution in [1.29, 1.82) is 0 Å². The van der Waals surface area contributed by atoms with Crippen molar-refractivity contribution in [2.45, 2.75) is 31.8 Å². The van der Waals surface area contributed by atoms with E-state index in [9.17, 15) is 0 Å². The van der Waals surface area contributed by atoms with Crippen LogP contribution in [0, 0.1) is 0 Å². The minimum absolute atomic E-state index is 0.582. The first-order valence-electron chi connectivity index (χ1n) is 10.4. The Hall–Kier alpha value is -2.24. The Bertz CT molecular complexity index is 780. The van der Waals surface area contributed by atoms with Gasteiger partial charge in [0.1, 0.15) is 5.75 Å². The van der Waals surface area contributed by atoms with Crippen LogP contribution in [0.4, 0.5) is 0 Å². The number of methoxy groups -OCH3 is 3. The van der Waals surface area contributed by atoms with Gasteiger partial charge in [-0.15, -0.1) is 0 Å². The Morgan fingerprint density at radius 3 is 2.48 bits per heavy atom. The maximum Gasteiger partial charge on any atom is 0.160 e. The predicted octanol–water partition coefficient (Wildman–Crippen LogP) is 3.85. The molecular formula is C24H34N2O3. The number of hydrogen-bond donors (Lipinski definition) is 0. The van der Waals surface area contributed by atoms with Crippen molar-refractivity contribution in [2.75, 3.05) is 48.0 Å². The van der Waals surface area contributed by atoms with Crippen LogP contribution in [-0.4, -0.2) is 63.9 Å². The number of ether oxygens (including phenoxy) is 3. The normalized spacial score (nSPS) is 17.3. The Kier molecular flexibility index (Phi) is 7.78. The molecule has 1 aliphatic heterocycles. The zero-order valence-electron chi connectivity index (χ0n) is 18.2. The number of likely N-dealkylation sites (N-methyl/N-ethyl adjacent to an activating group) is 1. The van der Waals surface area contributed by atoms with Gasteiger partial charge in [0.25, 0.3) is 0 Å². The molecule has 0 aliphatic carbocycles. The van der Waals surface area contributed by atoms with Crippen molar-refractivity contribution < 1.29 is 14.2 Å². The van der Waals surface area contributed by atoms with E-state index in [1.54, 1.807) is 21.3 Å². The highest BCUT2D eigenvalue weighted by molar-refractivity contribution is 5.43. The van der Waals surface area contributed by atoms with E-state index >= 15 is 0 Å². The molecule has 0 saturated carbocycles. The largest absolute Gasteiger partial charge is 0.496 e. The lowest BCUT2D eigenvalue weighted by Crippen LogP contribution is -2.46. The van der Waals surface area contributed by atoms with Gasteiger partial charge >= 0.3 is 0 Å². The number of hydrogen-bond acceptors (Lipinski definition) is 5. The van der Waals surface area contributed by atoms with Crippen molar-refractivity contribution in [2.24, 2.45) is 0 Å². The first-order chi connectivity index (χ1) is 14.1. The minimum Gasteiger partial charge on any atom is -0.496 e. The van der Waals surface area contributed by atoms with Crippen LogP contribution < -0.4 is 14.2 Å². The van der Waals surface area contributed by atoms with Crippen molar-refractivity contribution in [3.8, 4) is 17.2 Å². The van der Waals surface area contributed by atoms with Gasteiger partial charge in [-0.3, -0.25) is 4.90 Å². The minimum atomic E-state index is 0.582. The molecule has 1 saturated heterocycles. The maximum absolute atomic E-state index is 5.53. The summed E-state index contributed by atoms with van der Waals surface area (Å²) in [6.07, 6.45) is 3.49. The molecule has 2 aromatic carbocycles. The summed E-state index contributed by atoms with van der Waals surface area (Å²) >= 11 is 0. The number of rotatable bonds is 9. The molecule has 5 heteroatoms. The third-order valence-corrected chi connectivity index (χ3v) is 5.89. The summed E-state index contributed by atoms with van der Waals surface area (Å²) in [7, 11) is 7.36. The number of piperidine rings is 1. The van der Waals surface area contributed by atoms with Crippen molar-refractivity contribution in [3.63, 3.8) is 0 Å². The lowest BCUT2D eigenvalue weighted by molar-refractivity contribution is 0.111. The van der Waals surface area contributed by atoms with Crippen molar-refractivity contribution in [3.05, 3.63) is 53.6 Å². The molecule has 29 heavy (non-hydrogen) atoms. The molecule has 5 nitrogen and oxygen atoms in total. The van der Waals surface area contributed by atoms with E-state index < -0.39 is 0 Å². The summed E-state index contributed by atoms with van der Waals surface area (Å²) in [6.45, 7) is 4.23. The third-order valence-electron chi connectivity index (χ3n) is 5.89. The third kappa shape index (κ3) is 5.64. The molecule has 0 aromatic heterocycles. The molecule has 1 heterocycles. The number of nitrogens with zero attached hydrogens (tertiary/aromatic N) is 2. The summed E-state index contributed by atoms with van der Waals surface area (Å²) in [4.78, 5) is 5.06. The molecule has 0 bridgehead atoms. The molecule has 0 amide bonds. The van der Waals surface area contributed by atoms with Crippen LogP contribution in [-0.2, 0) is 13.0 Å². The van der Waals surface area contributed by atoms with Crippen LogP contribution in [0.5, 0.6) is 17.2 Å². The molecule has 0 N–H and O–H groups in total. The quantitative estimate of drug-likeness (QED) is 0.641. The highest BCUT2D eigenvalue weighted by Gasteiger charge is 2.23. The molecule has 1 atom stereocenters. The van der Waals surface area contributed by atoms with Gasteiger partial charge in [0.15, 0.2) is 11.5 Å². The van der Waals surface area contributed by atoms with E-state index in [2.05, 4.69) is 41.1 Å². The van der Waals surface area contributed by atoms with Gasteiger partial charge in [-0.25, -0.2) is 0 Å². The van der Waals surface area contributed by atoms with Crippen LogP contribution in [0.25, 0.3) is 0 Å². The fourth-order valence-electron chi connectivity index (χ4n) is 4.13. The second kappa shape index (κ2) is 10.5. The summed E-state index contributed by atoms with van der Waals surface area (Å²) in [6, 6.07) is 15.1. The summed E-state index contributed by atoms with van der Waals surface area (Å²) in [5, 5.41) is 0. The molecule has 0 radical (unpaired) electrons. The smallest absolute Gasteiger partial charge is 0.160 e. The highest BCUT2D eigenvalue weighted by atomic mass is 16.5. The molecule has 2 aromatic rings. The molecule has 158 valence electrons. The Morgan fingerprint density at radius 1 is 0.966 bits per heavy atom. The zero-order valence-corrected chi connectivity index (χ0v) is 18.2. The first kappa shape index (κ1) is 21.5. The molecule has 0 spiro atoms. The highest BCUT2D eigenvalue weighted by Crippen LogP contribution is 2.28. The topological polar surface area (TPSA) is 34.2 Å². The summed E-state index contributed by atoms with van der Waals surface area (Å²) in [5.41, 5.74) is 2.54.